The van der Waals surface area contributed by atoms with Crippen molar-refractivity contribution in [3.8, 4) is 11.8 Å². The van der Waals surface area contributed by atoms with Gasteiger partial charge >= 0.3 is 17.9 Å². The summed E-state index contributed by atoms with van der Waals surface area (Å²) >= 11 is 0. The molecule has 3 aliphatic rings. The van der Waals surface area contributed by atoms with Crippen molar-refractivity contribution in [3.63, 3.8) is 0 Å². The molecule has 0 amide bonds. The van der Waals surface area contributed by atoms with Gasteiger partial charge in [-0.25, -0.2) is 9.37 Å². The van der Waals surface area contributed by atoms with Crippen molar-refractivity contribution in [2.45, 2.75) is 103 Å². The minimum absolute atomic E-state index is 0.00847. The van der Waals surface area contributed by atoms with Crippen LogP contribution in [0.3, 0.4) is 0 Å². The van der Waals surface area contributed by atoms with Gasteiger partial charge in [0.05, 0.1) is 18.4 Å². The van der Waals surface area contributed by atoms with Crippen molar-refractivity contribution in [2.75, 3.05) is 23.8 Å². The first kappa shape index (κ1) is 33.8. The van der Waals surface area contributed by atoms with Crippen LogP contribution in [0.4, 0.5) is 21.8 Å². The summed E-state index contributed by atoms with van der Waals surface area (Å²) < 4.78 is 42.4. The molecule has 0 aliphatic carbocycles. The highest BCUT2D eigenvalue weighted by Gasteiger charge is 2.48. The number of ether oxygens (including phenoxy) is 5. The quantitative estimate of drug-likeness (QED) is 0.297. The first-order chi connectivity index (χ1) is 22.3. The van der Waals surface area contributed by atoms with Gasteiger partial charge in [0.25, 0.3) is 0 Å². The molecule has 2 unspecified atom stereocenters. The Morgan fingerprint density at radius 2 is 1.83 bits per heavy atom. The summed E-state index contributed by atoms with van der Waals surface area (Å²) in [6.07, 6.45) is 0.168. The van der Waals surface area contributed by atoms with Crippen molar-refractivity contribution in [1.29, 1.82) is 5.26 Å². The Bertz CT molecular complexity index is 1550. The number of fused-ring (bicyclic) bond motifs is 1. The number of piperidine rings is 1. The number of halogens is 1. The molecule has 1 aromatic heterocycles. The van der Waals surface area contributed by atoms with E-state index in [4.69, 9.17) is 23.7 Å². The maximum absolute atomic E-state index is 14.8. The molecule has 5 rings (SSSR count). The van der Waals surface area contributed by atoms with Gasteiger partial charge in [0, 0.05) is 44.1 Å². The van der Waals surface area contributed by atoms with Crippen LogP contribution in [0.25, 0.3) is 0 Å². The number of nitrogens with one attached hydrogen (secondary N) is 2. The fourth-order valence-electron chi connectivity index (χ4n) is 6.70. The number of carbonyl (C=O) groups excluding carboxylic acids is 3. The number of anilines is 3. The Labute approximate surface area is 271 Å². The highest BCUT2D eigenvalue weighted by Crippen LogP contribution is 2.39. The Balaban J connectivity index is 1.31. The lowest BCUT2D eigenvalue weighted by atomic mass is 9.84. The number of nitriles is 1. The summed E-state index contributed by atoms with van der Waals surface area (Å²) in [6, 6.07) is 7.09. The topological polar surface area (TPSA) is 174 Å². The van der Waals surface area contributed by atoms with Crippen LogP contribution in [0.5, 0.6) is 5.75 Å². The van der Waals surface area contributed by atoms with Gasteiger partial charge in [0.15, 0.2) is 23.8 Å². The van der Waals surface area contributed by atoms with E-state index in [2.05, 4.69) is 39.3 Å². The highest BCUT2D eigenvalue weighted by atomic mass is 19.1. The molecule has 3 aliphatic heterocycles. The highest BCUT2D eigenvalue weighted by molar-refractivity contribution is 5.68. The maximum atomic E-state index is 14.8. The Hall–Kier alpha value is -4.55. The Kier molecular flexibility index (Phi) is 10.1. The van der Waals surface area contributed by atoms with E-state index in [1.807, 2.05) is 6.07 Å². The lowest BCUT2D eigenvalue weighted by molar-refractivity contribution is -0.259. The monoisotopic (exact) mass is 654 g/mol. The summed E-state index contributed by atoms with van der Waals surface area (Å²) in [5, 5.41) is 16.2. The molecule has 252 valence electrons. The second-order valence-corrected chi connectivity index (χ2v) is 12.5. The Morgan fingerprint density at radius 3 is 2.53 bits per heavy atom. The van der Waals surface area contributed by atoms with Crippen molar-refractivity contribution < 1.29 is 42.5 Å². The molecule has 2 aromatic rings. The smallest absolute Gasteiger partial charge is 0.303 e. The third-order valence-electron chi connectivity index (χ3n) is 8.45. The minimum Gasteiger partial charge on any atom is -0.459 e. The van der Waals surface area contributed by atoms with Crippen LogP contribution >= 0.6 is 0 Å². The molecule has 0 bridgehead atoms. The van der Waals surface area contributed by atoms with Crippen LogP contribution in [0.15, 0.2) is 24.4 Å². The fraction of sp³-hybridized carbons (Fsp3) is 0.562. The van der Waals surface area contributed by atoms with E-state index >= 15 is 0 Å². The van der Waals surface area contributed by atoms with Crippen LogP contribution in [-0.4, -0.2) is 88.2 Å². The second-order valence-electron chi connectivity index (χ2n) is 12.5. The van der Waals surface area contributed by atoms with E-state index in [1.165, 1.54) is 19.1 Å². The van der Waals surface area contributed by atoms with Crippen molar-refractivity contribution in [3.05, 3.63) is 35.8 Å². The predicted octanol–water partition coefficient (Wildman–Crippen LogP) is 3.58. The van der Waals surface area contributed by atoms with Gasteiger partial charge in [-0.3, -0.25) is 19.3 Å². The van der Waals surface area contributed by atoms with E-state index in [1.54, 1.807) is 6.07 Å². The molecule has 14 nitrogen and oxygen atoms in total. The van der Waals surface area contributed by atoms with E-state index < -0.39 is 48.3 Å². The van der Waals surface area contributed by atoms with E-state index in [9.17, 15) is 24.0 Å². The van der Waals surface area contributed by atoms with Gasteiger partial charge in [0.2, 0.25) is 18.3 Å². The van der Waals surface area contributed by atoms with Crippen LogP contribution < -0.4 is 15.4 Å². The predicted molar refractivity (Wildman–Crippen MR) is 164 cm³/mol. The van der Waals surface area contributed by atoms with Crippen LogP contribution in [0.1, 0.15) is 65.9 Å². The van der Waals surface area contributed by atoms with Gasteiger partial charge < -0.3 is 34.3 Å². The summed E-state index contributed by atoms with van der Waals surface area (Å²) in [7, 11) is 0. The van der Waals surface area contributed by atoms with E-state index in [0.717, 1.165) is 52.3 Å². The normalized spacial score (nSPS) is 26.7. The van der Waals surface area contributed by atoms with Crippen LogP contribution in [-0.2, 0) is 33.3 Å². The van der Waals surface area contributed by atoms with Gasteiger partial charge in [0.1, 0.15) is 11.8 Å². The zero-order valence-electron chi connectivity index (χ0n) is 26.9. The van der Waals surface area contributed by atoms with Crippen LogP contribution in [0.2, 0.25) is 0 Å². The van der Waals surface area contributed by atoms with Crippen molar-refractivity contribution >= 4 is 35.4 Å². The van der Waals surface area contributed by atoms with E-state index in [0.29, 0.717) is 11.7 Å². The van der Waals surface area contributed by atoms with Gasteiger partial charge in [-0.05, 0) is 64.3 Å². The first-order valence-corrected chi connectivity index (χ1v) is 15.5. The van der Waals surface area contributed by atoms with Crippen molar-refractivity contribution in [2.24, 2.45) is 0 Å². The van der Waals surface area contributed by atoms with Crippen LogP contribution in [0, 0.1) is 17.1 Å². The number of carbonyl (C=O) groups is 3. The second kappa shape index (κ2) is 14.1. The number of rotatable bonds is 9. The standard InChI is InChI=1S/C32H39FN6O8/c1-17(40)44-26-16-43-30(28(46-19(3)42)27(26)45-18(2)41)47-25-9-8-21(11-20(25)14-34)37-31-35-15-24(33)29(38-31)36-22-12-23-7-6-10-39(23)32(4,5)13-22/h8-9,11,15,22-23,26-28,30H,6-7,10,12-13,16H2,1-5H3,(H2,35,36,37,38)/t22-,23+,26?,27-,28+,30?/m1/s1. The lowest BCUT2D eigenvalue weighted by Crippen LogP contribution is -2.59. The number of nitrogens with zero attached hydrogens (tertiary/aromatic N) is 4. The largest absolute Gasteiger partial charge is 0.459 e. The maximum Gasteiger partial charge on any atom is 0.303 e. The molecule has 47 heavy (non-hydrogen) atoms. The summed E-state index contributed by atoms with van der Waals surface area (Å²) in [5.74, 6) is -2.38. The average Bonchev–Trinajstić information content (AvgIpc) is 3.47. The Morgan fingerprint density at radius 1 is 1.11 bits per heavy atom. The molecular weight excluding hydrogens is 615 g/mol. The van der Waals surface area contributed by atoms with Gasteiger partial charge in [-0.1, -0.05) is 0 Å². The molecule has 15 heteroatoms. The SMILES string of the molecule is CC(=O)OC1COC(Oc2ccc(Nc3ncc(F)c(N[C@@H]4C[C@@H]5CCCN5C(C)(C)C4)n3)cc2C#N)[C@@H](OC(C)=O)[C@@H]1OC(C)=O. The third-order valence-corrected chi connectivity index (χ3v) is 8.45. The first-order valence-electron chi connectivity index (χ1n) is 15.5. The summed E-state index contributed by atoms with van der Waals surface area (Å²) in [6.45, 7) is 8.77. The number of aromatic nitrogens is 2. The number of esters is 3. The number of hydrogen-bond acceptors (Lipinski definition) is 14. The van der Waals surface area contributed by atoms with Gasteiger partial charge in [-0.2, -0.15) is 10.2 Å². The fourth-order valence-corrected chi connectivity index (χ4v) is 6.70. The molecule has 6 atom stereocenters. The average molecular weight is 655 g/mol. The number of benzene rings is 1. The molecule has 4 heterocycles. The molecule has 0 spiro atoms. The zero-order valence-corrected chi connectivity index (χ0v) is 26.9. The molecule has 3 saturated heterocycles. The third kappa shape index (κ3) is 8.06. The lowest BCUT2D eigenvalue weighted by Gasteiger charge is -2.47. The zero-order chi connectivity index (χ0) is 33.9. The number of hydrogen-bond donors (Lipinski definition) is 2. The van der Waals surface area contributed by atoms with E-state index in [-0.39, 0.29) is 41.3 Å². The minimum atomic E-state index is -1.33. The molecule has 3 fully saturated rings. The molecule has 0 saturated carbocycles. The summed E-state index contributed by atoms with van der Waals surface area (Å²) in [4.78, 5) is 46.5. The molecule has 0 radical (unpaired) electrons. The van der Waals surface area contributed by atoms with Gasteiger partial charge in [-0.15, -0.1) is 0 Å². The molecule has 2 N–H and O–H groups in total. The molecule has 1 aromatic carbocycles. The van der Waals surface area contributed by atoms with Crippen molar-refractivity contribution in [1.82, 2.24) is 14.9 Å². The summed E-state index contributed by atoms with van der Waals surface area (Å²) in [5.41, 5.74) is 0.476. The molecular formula is C32H39FN6O8.